The fraction of sp³-hybridized carbons (Fsp3) is 0.500. The number of anilines is 1. The molecule has 0 saturated heterocycles. The minimum atomic E-state index is 0.434. The monoisotopic (exact) mass is 272 g/mol. The Hall–Kier alpha value is -1.84. The number of hydrogen-bond acceptors (Lipinski definition) is 3. The molecular weight excluding hydrogens is 248 g/mol. The first-order valence-corrected chi connectivity index (χ1v) is 7.46. The number of nitrogens with zero attached hydrogens (tertiary/aromatic N) is 3. The molecule has 0 saturated carbocycles. The number of pyridine rings is 1. The van der Waals surface area contributed by atoms with Gasteiger partial charge >= 0.3 is 0 Å². The van der Waals surface area contributed by atoms with E-state index in [2.05, 4.69) is 28.4 Å². The molecule has 0 spiro atoms. The first-order chi connectivity index (χ1) is 9.74. The Morgan fingerprint density at radius 3 is 2.90 bits per heavy atom. The molecule has 4 heteroatoms. The maximum absolute atomic E-state index is 5.97. The van der Waals surface area contributed by atoms with Gasteiger partial charge < -0.3 is 10.3 Å². The van der Waals surface area contributed by atoms with Gasteiger partial charge in [-0.05, 0) is 25.5 Å². The molecule has 2 heterocycles. The van der Waals surface area contributed by atoms with Crippen molar-refractivity contribution < 1.29 is 0 Å². The third-order valence-electron chi connectivity index (χ3n) is 3.73. The van der Waals surface area contributed by atoms with Crippen LogP contribution in [0.2, 0.25) is 0 Å². The molecule has 0 aliphatic heterocycles. The fourth-order valence-corrected chi connectivity index (χ4v) is 2.50. The van der Waals surface area contributed by atoms with Crippen molar-refractivity contribution in [3.8, 4) is 11.3 Å². The lowest BCUT2D eigenvalue weighted by Crippen LogP contribution is -2.06. The molecule has 0 aliphatic carbocycles. The van der Waals surface area contributed by atoms with Crippen molar-refractivity contribution in [1.29, 1.82) is 0 Å². The van der Waals surface area contributed by atoms with E-state index in [1.165, 1.54) is 32.1 Å². The van der Waals surface area contributed by atoms with E-state index < -0.39 is 0 Å². The summed E-state index contributed by atoms with van der Waals surface area (Å²) in [7, 11) is 0. The Kier molecular flexibility index (Phi) is 5.16. The second-order valence-corrected chi connectivity index (χ2v) is 5.32. The van der Waals surface area contributed by atoms with Gasteiger partial charge in [0, 0.05) is 17.8 Å². The van der Waals surface area contributed by atoms with Crippen molar-refractivity contribution in [2.45, 2.75) is 52.0 Å². The van der Waals surface area contributed by atoms with Gasteiger partial charge in [0.05, 0.1) is 18.2 Å². The number of rotatable bonds is 7. The minimum Gasteiger partial charge on any atom is -0.383 e. The van der Waals surface area contributed by atoms with Crippen LogP contribution in [0, 0.1) is 0 Å². The maximum Gasteiger partial charge on any atom is 0.132 e. The first kappa shape index (κ1) is 14.6. The maximum atomic E-state index is 5.97. The molecule has 2 N–H and O–H groups in total. The van der Waals surface area contributed by atoms with E-state index >= 15 is 0 Å². The highest BCUT2D eigenvalue weighted by Gasteiger charge is 2.13. The predicted molar refractivity (Wildman–Crippen MR) is 83.3 cm³/mol. The summed E-state index contributed by atoms with van der Waals surface area (Å²) < 4.78 is 2.21. The first-order valence-electron chi connectivity index (χ1n) is 7.46. The fourth-order valence-electron chi connectivity index (χ4n) is 2.50. The molecule has 0 radical (unpaired) electrons. The van der Waals surface area contributed by atoms with Gasteiger partial charge in [-0.15, -0.1) is 0 Å². The summed E-state index contributed by atoms with van der Waals surface area (Å²) in [5, 5.41) is 0. The van der Waals surface area contributed by atoms with Crippen LogP contribution in [-0.2, 0) is 0 Å². The Morgan fingerprint density at radius 1 is 1.30 bits per heavy atom. The van der Waals surface area contributed by atoms with Crippen molar-refractivity contribution in [2.75, 3.05) is 5.73 Å². The third kappa shape index (κ3) is 3.38. The summed E-state index contributed by atoms with van der Waals surface area (Å²) in [5.74, 6) is 0.562. The largest absolute Gasteiger partial charge is 0.383 e. The number of unbranched alkanes of at least 4 members (excludes halogenated alkanes) is 3. The molecule has 0 fully saturated rings. The predicted octanol–water partition coefficient (Wildman–Crippen LogP) is 4.06. The lowest BCUT2D eigenvalue weighted by Gasteiger charge is -2.17. The van der Waals surface area contributed by atoms with E-state index in [0.717, 1.165) is 11.3 Å². The summed E-state index contributed by atoms with van der Waals surface area (Å²) in [6, 6.07) is 4.35. The van der Waals surface area contributed by atoms with Gasteiger partial charge in [0.25, 0.3) is 0 Å². The topological polar surface area (TPSA) is 56.7 Å². The lowest BCUT2D eigenvalue weighted by atomic mass is 10.1. The van der Waals surface area contributed by atoms with Crippen LogP contribution in [0.5, 0.6) is 0 Å². The summed E-state index contributed by atoms with van der Waals surface area (Å²) in [4.78, 5) is 8.44. The van der Waals surface area contributed by atoms with Gasteiger partial charge in [0.1, 0.15) is 5.82 Å². The van der Waals surface area contributed by atoms with Crippen LogP contribution in [0.1, 0.15) is 52.0 Å². The summed E-state index contributed by atoms with van der Waals surface area (Å²) in [5.41, 5.74) is 7.99. The van der Waals surface area contributed by atoms with Crippen LogP contribution < -0.4 is 5.73 Å². The molecule has 0 aromatic carbocycles. The van der Waals surface area contributed by atoms with Crippen LogP contribution >= 0.6 is 0 Å². The zero-order valence-corrected chi connectivity index (χ0v) is 12.4. The number of imidazole rings is 1. The minimum absolute atomic E-state index is 0.434. The molecule has 0 amide bonds. The Balaban J connectivity index is 2.10. The molecule has 0 aliphatic rings. The third-order valence-corrected chi connectivity index (χ3v) is 3.73. The number of aromatic nitrogens is 3. The number of nitrogens with two attached hydrogens (primary N) is 1. The van der Waals surface area contributed by atoms with Crippen molar-refractivity contribution >= 4 is 5.82 Å². The van der Waals surface area contributed by atoms with Gasteiger partial charge in [-0.25, -0.2) is 9.97 Å². The zero-order valence-electron chi connectivity index (χ0n) is 12.4. The van der Waals surface area contributed by atoms with E-state index in [-0.39, 0.29) is 0 Å². The zero-order chi connectivity index (χ0) is 14.4. The van der Waals surface area contributed by atoms with Crippen LogP contribution in [0.15, 0.2) is 30.9 Å². The van der Waals surface area contributed by atoms with Crippen molar-refractivity contribution in [3.05, 3.63) is 30.9 Å². The molecule has 108 valence electrons. The van der Waals surface area contributed by atoms with Crippen LogP contribution in [0.25, 0.3) is 11.3 Å². The molecule has 1 atom stereocenters. The van der Waals surface area contributed by atoms with E-state index in [4.69, 9.17) is 5.73 Å². The lowest BCUT2D eigenvalue weighted by molar-refractivity contribution is 0.475. The molecule has 0 bridgehead atoms. The van der Waals surface area contributed by atoms with Crippen molar-refractivity contribution in [2.24, 2.45) is 0 Å². The van der Waals surface area contributed by atoms with E-state index in [9.17, 15) is 0 Å². The summed E-state index contributed by atoms with van der Waals surface area (Å²) >= 11 is 0. The second kappa shape index (κ2) is 7.08. The highest BCUT2D eigenvalue weighted by molar-refractivity contribution is 5.70. The van der Waals surface area contributed by atoms with E-state index in [0.29, 0.717) is 11.9 Å². The van der Waals surface area contributed by atoms with E-state index in [1.54, 1.807) is 6.20 Å². The standard InChI is InChI=1S/C16H24N4/c1-3-4-5-6-8-13(2)20-12-18-11-15(20)14-9-7-10-19-16(14)17/h7,9-13H,3-6,8H2,1-2H3,(H2,17,19). The molecule has 4 nitrogen and oxygen atoms in total. The Bertz CT molecular complexity index is 533. The number of hydrogen-bond donors (Lipinski definition) is 1. The molecule has 2 aromatic rings. The number of nitrogen functional groups attached to an aromatic ring is 1. The summed E-state index contributed by atoms with van der Waals surface area (Å²) in [6.07, 6.45) is 11.8. The smallest absolute Gasteiger partial charge is 0.132 e. The Morgan fingerprint density at radius 2 is 2.15 bits per heavy atom. The molecule has 2 aromatic heterocycles. The Labute approximate surface area is 121 Å². The van der Waals surface area contributed by atoms with Gasteiger partial charge in [0.15, 0.2) is 0 Å². The van der Waals surface area contributed by atoms with Gasteiger partial charge in [-0.1, -0.05) is 32.6 Å². The average molecular weight is 272 g/mol. The van der Waals surface area contributed by atoms with Crippen molar-refractivity contribution in [3.63, 3.8) is 0 Å². The van der Waals surface area contributed by atoms with Crippen LogP contribution in [-0.4, -0.2) is 14.5 Å². The molecule has 20 heavy (non-hydrogen) atoms. The van der Waals surface area contributed by atoms with Gasteiger partial charge in [-0.3, -0.25) is 0 Å². The van der Waals surface area contributed by atoms with Gasteiger partial charge in [0.2, 0.25) is 0 Å². The van der Waals surface area contributed by atoms with Crippen molar-refractivity contribution in [1.82, 2.24) is 14.5 Å². The molecular formula is C16H24N4. The molecule has 1 unspecified atom stereocenters. The highest BCUT2D eigenvalue weighted by atomic mass is 15.1. The summed E-state index contributed by atoms with van der Waals surface area (Å²) in [6.45, 7) is 4.48. The second-order valence-electron chi connectivity index (χ2n) is 5.32. The van der Waals surface area contributed by atoms with Gasteiger partial charge in [-0.2, -0.15) is 0 Å². The average Bonchev–Trinajstić information content (AvgIpc) is 2.93. The van der Waals surface area contributed by atoms with Crippen LogP contribution in [0.3, 0.4) is 0 Å². The SMILES string of the molecule is CCCCCCC(C)n1cncc1-c1cccnc1N. The molecule has 2 rings (SSSR count). The van der Waals surface area contributed by atoms with E-state index in [1.807, 2.05) is 24.7 Å². The normalized spacial score (nSPS) is 12.5. The van der Waals surface area contributed by atoms with Crippen LogP contribution in [0.4, 0.5) is 5.82 Å². The quantitative estimate of drug-likeness (QED) is 0.773. The highest BCUT2D eigenvalue weighted by Crippen LogP contribution is 2.27.